The van der Waals surface area contributed by atoms with Crippen LogP contribution in [0.5, 0.6) is 0 Å². The molecule has 0 aliphatic carbocycles. The number of hydrogen-bond acceptors (Lipinski definition) is 4. The number of amides is 1. The SMILES string of the molecule is Cc1ccccc1SCC(=O)N(Cc1ccco1)Cc1cccs1. The van der Waals surface area contributed by atoms with Crippen molar-refractivity contribution in [3.63, 3.8) is 0 Å². The van der Waals surface area contributed by atoms with Gasteiger partial charge in [0.05, 0.1) is 25.1 Å². The molecule has 0 atom stereocenters. The molecule has 3 aromatic rings. The van der Waals surface area contributed by atoms with Crippen molar-refractivity contribution in [2.75, 3.05) is 5.75 Å². The number of aryl methyl sites for hydroxylation is 1. The molecule has 0 aliphatic rings. The first-order valence-electron chi connectivity index (χ1n) is 7.73. The highest BCUT2D eigenvalue weighted by Crippen LogP contribution is 2.23. The summed E-state index contributed by atoms with van der Waals surface area (Å²) < 4.78 is 5.42. The van der Waals surface area contributed by atoms with Gasteiger partial charge in [-0.1, -0.05) is 24.3 Å². The highest BCUT2D eigenvalue weighted by Gasteiger charge is 2.17. The summed E-state index contributed by atoms with van der Waals surface area (Å²) >= 11 is 3.26. The van der Waals surface area contributed by atoms with Crippen molar-refractivity contribution in [3.8, 4) is 0 Å². The summed E-state index contributed by atoms with van der Waals surface area (Å²) in [5.41, 5.74) is 1.20. The highest BCUT2D eigenvalue weighted by molar-refractivity contribution is 8.00. The number of nitrogens with zero attached hydrogens (tertiary/aromatic N) is 1. The molecular weight excluding hydrogens is 338 g/mol. The Kier molecular flexibility index (Phi) is 5.77. The van der Waals surface area contributed by atoms with E-state index in [9.17, 15) is 4.79 Å². The van der Waals surface area contributed by atoms with Crippen molar-refractivity contribution >= 4 is 29.0 Å². The summed E-state index contributed by atoms with van der Waals surface area (Å²) in [4.78, 5) is 16.9. The van der Waals surface area contributed by atoms with Gasteiger partial charge in [-0.3, -0.25) is 4.79 Å². The van der Waals surface area contributed by atoms with E-state index in [1.807, 2.05) is 40.6 Å². The van der Waals surface area contributed by atoms with Crippen molar-refractivity contribution in [2.24, 2.45) is 0 Å². The molecule has 2 aromatic heterocycles. The zero-order chi connectivity index (χ0) is 16.8. The highest BCUT2D eigenvalue weighted by atomic mass is 32.2. The third-order valence-electron chi connectivity index (χ3n) is 3.65. The lowest BCUT2D eigenvalue weighted by atomic mass is 10.2. The maximum Gasteiger partial charge on any atom is 0.233 e. The standard InChI is InChI=1S/C19H19NO2S2/c1-15-6-2-3-9-18(15)24-14-19(21)20(12-16-7-4-10-22-16)13-17-8-5-11-23-17/h2-11H,12-14H2,1H3. The number of rotatable bonds is 7. The molecule has 2 heterocycles. The third kappa shape index (κ3) is 4.52. The van der Waals surface area contributed by atoms with Gasteiger partial charge in [-0.25, -0.2) is 0 Å². The van der Waals surface area contributed by atoms with E-state index >= 15 is 0 Å². The van der Waals surface area contributed by atoms with E-state index in [-0.39, 0.29) is 5.91 Å². The van der Waals surface area contributed by atoms with Crippen LogP contribution < -0.4 is 0 Å². The molecule has 3 rings (SSSR count). The predicted octanol–water partition coefficient (Wildman–Crippen LogP) is 4.97. The Bertz CT molecular complexity index is 730. The van der Waals surface area contributed by atoms with E-state index in [2.05, 4.69) is 25.1 Å². The first kappa shape index (κ1) is 16.9. The van der Waals surface area contributed by atoms with E-state index < -0.39 is 0 Å². The molecule has 0 spiro atoms. The Morgan fingerprint density at radius 3 is 2.71 bits per heavy atom. The predicted molar refractivity (Wildman–Crippen MR) is 99.2 cm³/mol. The van der Waals surface area contributed by atoms with Gasteiger partial charge in [-0.15, -0.1) is 23.1 Å². The Balaban J connectivity index is 1.67. The van der Waals surface area contributed by atoms with Gasteiger partial charge in [-0.2, -0.15) is 0 Å². The average Bonchev–Trinajstić information content (AvgIpc) is 3.27. The zero-order valence-electron chi connectivity index (χ0n) is 13.5. The van der Waals surface area contributed by atoms with E-state index in [4.69, 9.17) is 4.42 Å². The van der Waals surface area contributed by atoms with Crippen LogP contribution in [0.25, 0.3) is 0 Å². The van der Waals surface area contributed by atoms with E-state index in [0.717, 1.165) is 10.7 Å². The fourth-order valence-corrected chi connectivity index (χ4v) is 4.01. The minimum absolute atomic E-state index is 0.119. The molecule has 0 saturated carbocycles. The fourth-order valence-electron chi connectivity index (χ4n) is 2.36. The van der Waals surface area contributed by atoms with Gasteiger partial charge in [0, 0.05) is 9.77 Å². The largest absolute Gasteiger partial charge is 0.467 e. The number of benzene rings is 1. The molecule has 24 heavy (non-hydrogen) atoms. The third-order valence-corrected chi connectivity index (χ3v) is 5.67. The van der Waals surface area contributed by atoms with E-state index in [1.165, 1.54) is 10.4 Å². The van der Waals surface area contributed by atoms with Gasteiger partial charge in [0.15, 0.2) is 0 Å². The van der Waals surface area contributed by atoms with Crippen molar-refractivity contribution in [2.45, 2.75) is 24.9 Å². The second-order valence-corrected chi connectivity index (χ2v) is 7.51. The molecule has 0 unspecified atom stereocenters. The van der Waals surface area contributed by atoms with Crippen LogP contribution in [-0.4, -0.2) is 16.6 Å². The van der Waals surface area contributed by atoms with Crippen LogP contribution in [0.1, 0.15) is 16.2 Å². The minimum atomic E-state index is 0.119. The van der Waals surface area contributed by atoms with Crippen molar-refractivity contribution < 1.29 is 9.21 Å². The molecule has 0 N–H and O–H groups in total. The number of hydrogen-bond donors (Lipinski definition) is 0. The maximum atomic E-state index is 12.7. The van der Waals surface area contributed by atoms with Crippen molar-refractivity contribution in [3.05, 3.63) is 76.4 Å². The molecular formula is C19H19NO2S2. The van der Waals surface area contributed by atoms with Crippen LogP contribution in [0.4, 0.5) is 0 Å². The molecule has 5 heteroatoms. The Labute approximate surface area is 150 Å². The van der Waals surface area contributed by atoms with Crippen LogP contribution >= 0.6 is 23.1 Å². The second-order valence-electron chi connectivity index (χ2n) is 5.46. The molecule has 0 radical (unpaired) electrons. The Morgan fingerprint density at radius 1 is 1.12 bits per heavy atom. The van der Waals surface area contributed by atoms with Crippen LogP contribution in [0.2, 0.25) is 0 Å². The summed E-state index contributed by atoms with van der Waals surface area (Å²) in [6, 6.07) is 16.0. The smallest absolute Gasteiger partial charge is 0.233 e. The average molecular weight is 358 g/mol. The molecule has 124 valence electrons. The minimum Gasteiger partial charge on any atom is -0.467 e. The molecule has 0 saturated heterocycles. The zero-order valence-corrected chi connectivity index (χ0v) is 15.1. The lowest BCUT2D eigenvalue weighted by Crippen LogP contribution is -2.31. The Morgan fingerprint density at radius 2 is 2.00 bits per heavy atom. The molecule has 3 nitrogen and oxygen atoms in total. The molecule has 0 bridgehead atoms. The van der Waals surface area contributed by atoms with Gasteiger partial charge in [0.2, 0.25) is 5.91 Å². The number of thiophene rings is 1. The summed E-state index contributed by atoms with van der Waals surface area (Å²) in [6.07, 6.45) is 1.64. The van der Waals surface area contributed by atoms with Crippen LogP contribution in [0.3, 0.4) is 0 Å². The number of carbonyl (C=O) groups excluding carboxylic acids is 1. The fraction of sp³-hybridized carbons (Fsp3) is 0.211. The van der Waals surface area contributed by atoms with Gasteiger partial charge < -0.3 is 9.32 Å². The number of thioether (sulfide) groups is 1. The van der Waals surface area contributed by atoms with E-state index in [1.54, 1.807) is 29.4 Å². The van der Waals surface area contributed by atoms with Crippen molar-refractivity contribution in [1.29, 1.82) is 0 Å². The first-order valence-corrected chi connectivity index (χ1v) is 9.60. The maximum absolute atomic E-state index is 12.7. The summed E-state index contributed by atoms with van der Waals surface area (Å²) in [5.74, 6) is 1.35. The summed E-state index contributed by atoms with van der Waals surface area (Å²) in [5, 5.41) is 2.03. The molecule has 0 aliphatic heterocycles. The van der Waals surface area contributed by atoms with Gasteiger partial charge in [-0.05, 0) is 42.1 Å². The van der Waals surface area contributed by atoms with Gasteiger partial charge in [0.25, 0.3) is 0 Å². The van der Waals surface area contributed by atoms with Crippen LogP contribution in [-0.2, 0) is 17.9 Å². The number of carbonyl (C=O) groups is 1. The van der Waals surface area contributed by atoms with Crippen molar-refractivity contribution in [1.82, 2.24) is 4.90 Å². The number of furan rings is 1. The quantitative estimate of drug-likeness (QED) is 0.560. The summed E-state index contributed by atoms with van der Waals surface area (Å²) in [6.45, 7) is 3.18. The lowest BCUT2D eigenvalue weighted by molar-refractivity contribution is -0.129. The second kappa shape index (κ2) is 8.22. The van der Waals surface area contributed by atoms with Crippen LogP contribution in [0, 0.1) is 6.92 Å². The lowest BCUT2D eigenvalue weighted by Gasteiger charge is -2.21. The molecule has 1 amide bonds. The normalized spacial score (nSPS) is 10.7. The monoisotopic (exact) mass is 357 g/mol. The topological polar surface area (TPSA) is 33.5 Å². The van der Waals surface area contributed by atoms with Gasteiger partial charge >= 0.3 is 0 Å². The molecule has 0 fully saturated rings. The Hall–Kier alpha value is -1.98. The van der Waals surface area contributed by atoms with Crippen LogP contribution in [0.15, 0.2) is 69.5 Å². The molecule has 1 aromatic carbocycles. The van der Waals surface area contributed by atoms with E-state index in [0.29, 0.717) is 18.8 Å². The van der Waals surface area contributed by atoms with Gasteiger partial charge in [0.1, 0.15) is 5.76 Å². The first-order chi connectivity index (χ1) is 11.7. The summed E-state index contributed by atoms with van der Waals surface area (Å²) in [7, 11) is 0.